The minimum Gasteiger partial charge on any atom is -0.478 e. The Labute approximate surface area is 130 Å². The number of carboxylic acid groups (broad SMARTS) is 1. The molecular formula is C14H22N2O5S. The zero-order valence-electron chi connectivity index (χ0n) is 12.8. The molecule has 1 aromatic rings. The van der Waals surface area contributed by atoms with Gasteiger partial charge in [0.15, 0.2) is 0 Å². The summed E-state index contributed by atoms with van der Waals surface area (Å²) in [5.74, 6) is -1.19. The quantitative estimate of drug-likeness (QED) is 0.562. The van der Waals surface area contributed by atoms with Crippen LogP contribution in [-0.2, 0) is 14.8 Å². The summed E-state index contributed by atoms with van der Waals surface area (Å²) in [6.45, 7) is 3.13. The largest absolute Gasteiger partial charge is 0.478 e. The molecule has 3 N–H and O–H groups in total. The van der Waals surface area contributed by atoms with E-state index in [1.165, 1.54) is 19.2 Å². The number of benzene rings is 1. The summed E-state index contributed by atoms with van der Waals surface area (Å²) < 4.78 is 31.6. The Morgan fingerprint density at radius 1 is 1.32 bits per heavy atom. The second-order valence-electron chi connectivity index (χ2n) is 4.68. The molecule has 1 aromatic carbocycles. The first kappa shape index (κ1) is 18.4. The number of ether oxygens (including phenoxy) is 1. The van der Waals surface area contributed by atoms with Crippen LogP contribution in [0.3, 0.4) is 0 Å². The average molecular weight is 330 g/mol. The number of rotatable bonds is 10. The molecule has 0 aliphatic rings. The van der Waals surface area contributed by atoms with Crippen LogP contribution in [0.15, 0.2) is 23.1 Å². The molecule has 0 fully saturated rings. The molecule has 124 valence electrons. The number of unbranched alkanes of at least 4 members (excludes halogenated alkanes) is 1. The average Bonchev–Trinajstić information content (AvgIpc) is 2.47. The van der Waals surface area contributed by atoms with Crippen LogP contribution in [-0.4, -0.2) is 46.3 Å². The molecular weight excluding hydrogens is 308 g/mol. The molecule has 8 heteroatoms. The maximum atomic E-state index is 12.1. The van der Waals surface area contributed by atoms with Crippen molar-refractivity contribution in [2.45, 2.75) is 24.7 Å². The number of nitrogens with one attached hydrogen (secondary N) is 2. The molecule has 0 aliphatic carbocycles. The summed E-state index contributed by atoms with van der Waals surface area (Å²) in [6.07, 6.45) is 1.59. The van der Waals surface area contributed by atoms with Gasteiger partial charge < -0.3 is 15.2 Å². The highest BCUT2D eigenvalue weighted by Crippen LogP contribution is 2.20. The zero-order chi connectivity index (χ0) is 16.6. The van der Waals surface area contributed by atoms with Gasteiger partial charge in [-0.2, -0.15) is 0 Å². The Hall–Kier alpha value is -1.64. The van der Waals surface area contributed by atoms with Crippen molar-refractivity contribution in [3.05, 3.63) is 23.8 Å². The highest BCUT2D eigenvalue weighted by Gasteiger charge is 2.18. The van der Waals surface area contributed by atoms with Crippen LogP contribution in [0.5, 0.6) is 0 Å². The number of carbonyl (C=O) groups is 1. The first-order chi connectivity index (χ1) is 10.4. The summed E-state index contributed by atoms with van der Waals surface area (Å²) in [5, 5.41) is 12.1. The van der Waals surface area contributed by atoms with E-state index in [1.54, 1.807) is 0 Å². The van der Waals surface area contributed by atoms with Crippen molar-refractivity contribution in [2.75, 3.05) is 32.1 Å². The number of aromatic carboxylic acids is 1. The third kappa shape index (κ3) is 5.28. The lowest BCUT2D eigenvalue weighted by Crippen LogP contribution is -2.25. The fourth-order valence-electron chi connectivity index (χ4n) is 1.78. The Kier molecular flexibility index (Phi) is 7.30. The number of carboxylic acids is 1. The zero-order valence-corrected chi connectivity index (χ0v) is 13.6. The minimum atomic E-state index is -3.70. The van der Waals surface area contributed by atoms with E-state index in [9.17, 15) is 18.3 Å². The molecule has 7 nitrogen and oxygen atoms in total. The van der Waals surface area contributed by atoms with Crippen LogP contribution in [0, 0.1) is 0 Å². The van der Waals surface area contributed by atoms with E-state index in [-0.39, 0.29) is 10.5 Å². The Balaban J connectivity index is 2.99. The third-order valence-corrected chi connectivity index (χ3v) is 4.43. The molecule has 0 unspecified atom stereocenters. The number of sulfonamides is 1. The molecule has 0 bridgehead atoms. The molecule has 0 aliphatic heterocycles. The summed E-state index contributed by atoms with van der Waals surface area (Å²) in [5.41, 5.74) is 0.270. The van der Waals surface area contributed by atoms with Gasteiger partial charge in [-0.1, -0.05) is 13.3 Å². The van der Waals surface area contributed by atoms with E-state index in [4.69, 9.17) is 4.74 Å². The molecule has 0 amide bonds. The van der Waals surface area contributed by atoms with E-state index < -0.39 is 16.0 Å². The normalized spacial score (nSPS) is 11.4. The lowest BCUT2D eigenvalue weighted by atomic mass is 10.2. The van der Waals surface area contributed by atoms with Crippen molar-refractivity contribution in [1.29, 1.82) is 0 Å². The molecule has 0 saturated carbocycles. The van der Waals surface area contributed by atoms with Crippen LogP contribution >= 0.6 is 0 Å². The fourth-order valence-corrected chi connectivity index (χ4v) is 2.88. The topological polar surface area (TPSA) is 105 Å². The minimum absolute atomic E-state index is 0.0571. The molecule has 0 atom stereocenters. The van der Waals surface area contributed by atoms with Crippen molar-refractivity contribution in [2.24, 2.45) is 0 Å². The SMILES string of the molecule is CCCCNS(=O)(=O)c1ccc(NCCOC)c(C(=O)O)c1. The van der Waals surface area contributed by atoms with E-state index in [1.807, 2.05) is 6.92 Å². The van der Waals surface area contributed by atoms with Gasteiger partial charge in [0.2, 0.25) is 10.0 Å². The number of anilines is 1. The van der Waals surface area contributed by atoms with E-state index in [0.29, 0.717) is 25.4 Å². The van der Waals surface area contributed by atoms with Crippen molar-refractivity contribution in [3.63, 3.8) is 0 Å². The predicted molar refractivity (Wildman–Crippen MR) is 83.9 cm³/mol. The summed E-state index contributed by atoms with van der Waals surface area (Å²) in [4.78, 5) is 11.3. The van der Waals surface area contributed by atoms with Gasteiger partial charge in [-0.15, -0.1) is 0 Å². The maximum Gasteiger partial charge on any atom is 0.337 e. The number of hydrogen-bond donors (Lipinski definition) is 3. The van der Waals surface area contributed by atoms with Crippen LogP contribution in [0.2, 0.25) is 0 Å². The molecule has 1 rings (SSSR count). The van der Waals surface area contributed by atoms with Crippen LogP contribution in [0.4, 0.5) is 5.69 Å². The lowest BCUT2D eigenvalue weighted by Gasteiger charge is -2.12. The lowest BCUT2D eigenvalue weighted by molar-refractivity contribution is 0.0697. The third-order valence-electron chi connectivity index (χ3n) is 2.98. The number of hydrogen-bond acceptors (Lipinski definition) is 5. The Bertz CT molecular complexity index is 601. The van der Waals surface area contributed by atoms with Crippen LogP contribution in [0.25, 0.3) is 0 Å². The molecule has 0 aromatic heterocycles. The van der Waals surface area contributed by atoms with Crippen molar-refractivity contribution < 1.29 is 23.1 Å². The van der Waals surface area contributed by atoms with Gasteiger partial charge >= 0.3 is 5.97 Å². The van der Waals surface area contributed by atoms with E-state index >= 15 is 0 Å². The highest BCUT2D eigenvalue weighted by atomic mass is 32.2. The van der Waals surface area contributed by atoms with Crippen molar-refractivity contribution in [1.82, 2.24) is 4.72 Å². The van der Waals surface area contributed by atoms with Gasteiger partial charge in [-0.05, 0) is 24.6 Å². The Morgan fingerprint density at radius 2 is 2.05 bits per heavy atom. The number of methoxy groups -OCH3 is 1. The van der Waals surface area contributed by atoms with Crippen molar-refractivity contribution in [3.8, 4) is 0 Å². The van der Waals surface area contributed by atoms with Gasteiger partial charge in [0.05, 0.1) is 17.1 Å². The van der Waals surface area contributed by atoms with Gasteiger partial charge in [0.1, 0.15) is 0 Å². The second kappa shape index (κ2) is 8.72. The smallest absolute Gasteiger partial charge is 0.337 e. The van der Waals surface area contributed by atoms with E-state index in [2.05, 4.69) is 10.0 Å². The van der Waals surface area contributed by atoms with Crippen LogP contribution < -0.4 is 10.0 Å². The molecule has 0 radical (unpaired) electrons. The van der Waals surface area contributed by atoms with Gasteiger partial charge in [0, 0.05) is 25.9 Å². The van der Waals surface area contributed by atoms with E-state index in [0.717, 1.165) is 18.9 Å². The summed E-state index contributed by atoms with van der Waals surface area (Å²) in [7, 11) is -2.16. The highest BCUT2D eigenvalue weighted by molar-refractivity contribution is 7.89. The first-order valence-corrected chi connectivity index (χ1v) is 8.50. The molecule has 0 spiro atoms. The molecule has 22 heavy (non-hydrogen) atoms. The molecule has 0 heterocycles. The Morgan fingerprint density at radius 3 is 2.64 bits per heavy atom. The summed E-state index contributed by atoms with van der Waals surface area (Å²) in [6, 6.07) is 4.00. The van der Waals surface area contributed by atoms with Gasteiger partial charge in [-0.25, -0.2) is 17.9 Å². The predicted octanol–water partition coefficient (Wildman–Crippen LogP) is 1.52. The first-order valence-electron chi connectivity index (χ1n) is 7.02. The summed E-state index contributed by atoms with van der Waals surface area (Å²) >= 11 is 0. The van der Waals surface area contributed by atoms with Gasteiger partial charge in [-0.3, -0.25) is 0 Å². The standard InChI is InChI=1S/C14H22N2O5S/c1-3-4-7-16-22(19,20)11-5-6-13(15-8-9-21-2)12(10-11)14(17)18/h5-6,10,15-16H,3-4,7-9H2,1-2H3,(H,17,18). The molecule has 0 saturated heterocycles. The fraction of sp³-hybridized carbons (Fsp3) is 0.500. The van der Waals surface area contributed by atoms with Gasteiger partial charge in [0.25, 0.3) is 0 Å². The van der Waals surface area contributed by atoms with Crippen molar-refractivity contribution >= 4 is 21.7 Å². The maximum absolute atomic E-state index is 12.1. The monoisotopic (exact) mass is 330 g/mol. The van der Waals surface area contributed by atoms with Crippen LogP contribution in [0.1, 0.15) is 30.1 Å². The second-order valence-corrected chi connectivity index (χ2v) is 6.45.